The topological polar surface area (TPSA) is 94.2 Å². The SMILES string of the molecule is COc1ccc(NC(=O)CN(c2ccc(Oc3ccccc3)cc2)S(C)(=O)=O)c(OC)c1. The van der Waals surface area contributed by atoms with E-state index >= 15 is 0 Å². The Morgan fingerprint density at radius 2 is 1.50 bits per heavy atom. The first-order chi connectivity index (χ1) is 15.3. The van der Waals surface area contributed by atoms with Gasteiger partial charge >= 0.3 is 0 Å². The normalized spacial score (nSPS) is 10.8. The number of hydrogen-bond acceptors (Lipinski definition) is 6. The fourth-order valence-electron chi connectivity index (χ4n) is 2.93. The van der Waals surface area contributed by atoms with E-state index in [1.165, 1.54) is 14.2 Å². The highest BCUT2D eigenvalue weighted by molar-refractivity contribution is 7.92. The number of rotatable bonds is 9. The van der Waals surface area contributed by atoms with Gasteiger partial charge in [-0.25, -0.2) is 8.42 Å². The van der Waals surface area contributed by atoms with Gasteiger partial charge in [-0.3, -0.25) is 9.10 Å². The summed E-state index contributed by atoms with van der Waals surface area (Å²) in [6, 6.07) is 20.6. The molecule has 0 aromatic heterocycles. The lowest BCUT2D eigenvalue weighted by Crippen LogP contribution is -2.37. The fourth-order valence-corrected chi connectivity index (χ4v) is 3.78. The number of anilines is 2. The minimum absolute atomic E-state index is 0.338. The number of ether oxygens (including phenoxy) is 3. The van der Waals surface area contributed by atoms with E-state index in [1.807, 2.05) is 30.3 Å². The van der Waals surface area contributed by atoms with Crippen LogP contribution >= 0.6 is 0 Å². The molecule has 9 heteroatoms. The zero-order valence-electron chi connectivity index (χ0n) is 17.9. The van der Waals surface area contributed by atoms with Gasteiger partial charge in [0, 0.05) is 6.07 Å². The standard InChI is InChI=1S/C23H24N2O6S/c1-29-20-13-14-21(22(15-20)30-2)24-23(26)16-25(32(3,27)28)17-9-11-19(12-10-17)31-18-7-5-4-6-8-18/h4-15H,16H2,1-3H3,(H,24,26). The summed E-state index contributed by atoms with van der Waals surface area (Å²) in [7, 11) is -0.737. The van der Waals surface area contributed by atoms with Crippen LogP contribution in [-0.2, 0) is 14.8 Å². The largest absolute Gasteiger partial charge is 0.497 e. The van der Waals surface area contributed by atoms with E-state index in [0.717, 1.165) is 10.6 Å². The van der Waals surface area contributed by atoms with Crippen molar-refractivity contribution in [2.45, 2.75) is 0 Å². The van der Waals surface area contributed by atoms with Gasteiger partial charge in [0.15, 0.2) is 0 Å². The van der Waals surface area contributed by atoms with E-state index in [-0.39, 0.29) is 0 Å². The van der Waals surface area contributed by atoms with Crippen molar-refractivity contribution < 1.29 is 27.4 Å². The molecule has 0 aliphatic rings. The van der Waals surface area contributed by atoms with E-state index in [9.17, 15) is 13.2 Å². The number of para-hydroxylation sites is 1. The van der Waals surface area contributed by atoms with Gasteiger partial charge in [-0.05, 0) is 48.5 Å². The van der Waals surface area contributed by atoms with Crippen LogP contribution in [0, 0.1) is 0 Å². The van der Waals surface area contributed by atoms with Gasteiger partial charge in [0.2, 0.25) is 15.9 Å². The summed E-state index contributed by atoms with van der Waals surface area (Å²) in [6.45, 7) is -0.410. The van der Waals surface area contributed by atoms with Crippen molar-refractivity contribution in [2.75, 3.05) is 36.6 Å². The highest BCUT2D eigenvalue weighted by Gasteiger charge is 2.22. The predicted molar refractivity (Wildman–Crippen MR) is 123 cm³/mol. The Hall–Kier alpha value is -3.72. The van der Waals surface area contributed by atoms with Crippen LogP contribution in [0.4, 0.5) is 11.4 Å². The van der Waals surface area contributed by atoms with Crippen molar-refractivity contribution in [1.82, 2.24) is 0 Å². The average Bonchev–Trinajstić information content (AvgIpc) is 2.78. The maximum atomic E-state index is 12.6. The molecule has 3 aromatic rings. The van der Waals surface area contributed by atoms with E-state index < -0.39 is 22.5 Å². The van der Waals surface area contributed by atoms with Crippen LogP contribution in [0.1, 0.15) is 0 Å². The van der Waals surface area contributed by atoms with E-state index in [1.54, 1.807) is 42.5 Å². The van der Waals surface area contributed by atoms with Gasteiger partial charge in [-0.1, -0.05) is 18.2 Å². The molecular formula is C23H24N2O6S. The molecule has 168 valence electrons. The van der Waals surface area contributed by atoms with E-state index in [2.05, 4.69) is 5.32 Å². The third-order valence-corrected chi connectivity index (χ3v) is 5.61. The molecule has 0 fully saturated rings. The number of methoxy groups -OCH3 is 2. The minimum Gasteiger partial charge on any atom is -0.497 e. The van der Waals surface area contributed by atoms with Crippen molar-refractivity contribution in [3.63, 3.8) is 0 Å². The molecule has 8 nitrogen and oxygen atoms in total. The number of carbonyl (C=O) groups is 1. The van der Waals surface area contributed by atoms with Gasteiger partial charge < -0.3 is 19.5 Å². The van der Waals surface area contributed by atoms with Gasteiger partial charge in [-0.2, -0.15) is 0 Å². The van der Waals surface area contributed by atoms with Gasteiger partial charge in [0.25, 0.3) is 0 Å². The summed E-state index contributed by atoms with van der Waals surface area (Å²) in [5, 5.41) is 2.68. The number of hydrogen-bond donors (Lipinski definition) is 1. The molecule has 3 rings (SSSR count). The summed E-state index contributed by atoms with van der Waals surface area (Å²) in [4.78, 5) is 12.6. The Morgan fingerprint density at radius 1 is 0.875 bits per heavy atom. The number of benzene rings is 3. The van der Waals surface area contributed by atoms with Crippen LogP contribution in [0.2, 0.25) is 0 Å². The lowest BCUT2D eigenvalue weighted by Gasteiger charge is -2.22. The van der Waals surface area contributed by atoms with Crippen LogP contribution in [-0.4, -0.2) is 41.3 Å². The Labute approximate surface area is 187 Å². The Balaban J connectivity index is 1.75. The molecule has 0 saturated carbocycles. The van der Waals surface area contributed by atoms with Crippen molar-refractivity contribution >= 4 is 27.3 Å². The minimum atomic E-state index is -3.72. The second kappa shape index (κ2) is 10.1. The van der Waals surface area contributed by atoms with E-state index in [4.69, 9.17) is 14.2 Å². The summed E-state index contributed by atoms with van der Waals surface area (Å²) in [5.41, 5.74) is 0.739. The van der Waals surface area contributed by atoms with Crippen molar-refractivity contribution in [2.24, 2.45) is 0 Å². The smallest absolute Gasteiger partial charge is 0.245 e. The number of carbonyl (C=O) groups excluding carboxylic acids is 1. The van der Waals surface area contributed by atoms with Crippen LogP contribution < -0.4 is 23.8 Å². The monoisotopic (exact) mass is 456 g/mol. The number of amides is 1. The highest BCUT2D eigenvalue weighted by atomic mass is 32.2. The van der Waals surface area contributed by atoms with Gasteiger partial charge in [0.1, 0.15) is 29.5 Å². The summed E-state index contributed by atoms with van der Waals surface area (Å²) >= 11 is 0. The lowest BCUT2D eigenvalue weighted by atomic mass is 10.2. The third-order valence-electron chi connectivity index (χ3n) is 4.47. The lowest BCUT2D eigenvalue weighted by molar-refractivity contribution is -0.114. The summed E-state index contributed by atoms with van der Waals surface area (Å²) < 4.78 is 41.9. The second-order valence-corrected chi connectivity index (χ2v) is 8.70. The number of nitrogens with zero attached hydrogens (tertiary/aromatic N) is 1. The average molecular weight is 457 g/mol. The fraction of sp³-hybridized carbons (Fsp3) is 0.174. The molecule has 1 amide bonds. The third kappa shape index (κ3) is 5.92. The molecule has 0 bridgehead atoms. The molecular weight excluding hydrogens is 432 g/mol. The molecule has 0 radical (unpaired) electrons. The molecule has 0 aliphatic heterocycles. The van der Waals surface area contributed by atoms with Crippen molar-refractivity contribution in [3.05, 3.63) is 72.8 Å². The van der Waals surface area contributed by atoms with Crippen LogP contribution in [0.5, 0.6) is 23.0 Å². The van der Waals surface area contributed by atoms with E-state index in [0.29, 0.717) is 34.4 Å². The molecule has 0 atom stereocenters. The number of sulfonamides is 1. The second-order valence-electron chi connectivity index (χ2n) is 6.79. The van der Waals surface area contributed by atoms with Crippen LogP contribution in [0.3, 0.4) is 0 Å². The number of nitrogens with one attached hydrogen (secondary N) is 1. The zero-order chi connectivity index (χ0) is 23.1. The van der Waals surface area contributed by atoms with Crippen LogP contribution in [0.15, 0.2) is 72.8 Å². The molecule has 32 heavy (non-hydrogen) atoms. The van der Waals surface area contributed by atoms with Gasteiger partial charge in [-0.15, -0.1) is 0 Å². The van der Waals surface area contributed by atoms with Crippen molar-refractivity contribution in [3.8, 4) is 23.0 Å². The Kier molecular flexibility index (Phi) is 7.21. The summed E-state index contributed by atoms with van der Waals surface area (Å²) in [5.74, 6) is 1.64. The molecule has 0 heterocycles. The Bertz CT molecular complexity index is 1160. The summed E-state index contributed by atoms with van der Waals surface area (Å²) in [6.07, 6.45) is 1.04. The maximum Gasteiger partial charge on any atom is 0.245 e. The molecule has 1 N–H and O–H groups in total. The first-order valence-corrected chi connectivity index (χ1v) is 11.5. The molecule has 0 unspecified atom stereocenters. The first-order valence-electron chi connectivity index (χ1n) is 9.62. The predicted octanol–water partition coefficient (Wildman–Crippen LogP) is 3.90. The maximum absolute atomic E-state index is 12.6. The molecule has 0 spiro atoms. The Morgan fingerprint density at radius 3 is 2.09 bits per heavy atom. The molecule has 0 aliphatic carbocycles. The van der Waals surface area contributed by atoms with Crippen molar-refractivity contribution in [1.29, 1.82) is 0 Å². The quantitative estimate of drug-likeness (QED) is 0.525. The zero-order valence-corrected chi connectivity index (χ0v) is 18.8. The van der Waals surface area contributed by atoms with Gasteiger partial charge in [0.05, 0.1) is 31.9 Å². The molecule has 3 aromatic carbocycles. The first kappa shape index (κ1) is 23.0. The molecule has 0 saturated heterocycles. The van der Waals surface area contributed by atoms with Crippen LogP contribution in [0.25, 0.3) is 0 Å². The highest BCUT2D eigenvalue weighted by Crippen LogP contribution is 2.29.